The van der Waals surface area contributed by atoms with Crippen LogP contribution in [0.1, 0.15) is 50.7 Å². The number of aromatic nitrogens is 7. The summed E-state index contributed by atoms with van der Waals surface area (Å²) < 4.78 is 15.1. The summed E-state index contributed by atoms with van der Waals surface area (Å²) in [5, 5.41) is 2.21. The maximum absolute atomic E-state index is 6.58. The first-order chi connectivity index (χ1) is 26.0. The molecule has 0 N–H and O–H groups in total. The van der Waals surface area contributed by atoms with E-state index in [4.69, 9.17) is 14.7 Å². The molecule has 9 heteroatoms. The molecule has 0 atom stereocenters. The van der Waals surface area contributed by atoms with Gasteiger partial charge < -0.3 is 13.9 Å². The van der Waals surface area contributed by atoms with E-state index in [1.165, 1.54) is 11.1 Å². The van der Waals surface area contributed by atoms with E-state index >= 15 is 0 Å². The molecule has 10 rings (SSSR count). The van der Waals surface area contributed by atoms with E-state index in [9.17, 15) is 0 Å². The van der Waals surface area contributed by atoms with E-state index in [2.05, 4.69) is 124 Å². The summed E-state index contributed by atoms with van der Waals surface area (Å²) >= 11 is 0. The van der Waals surface area contributed by atoms with Gasteiger partial charge in [-0.3, -0.25) is 8.97 Å². The largest absolute Gasteiger partial charge is 2.00 e. The Bertz CT molecular complexity index is 2960. The predicted molar refractivity (Wildman–Crippen MR) is 211 cm³/mol. The summed E-state index contributed by atoms with van der Waals surface area (Å²) in [6, 6.07) is 46.5. The molecule has 8 nitrogen and oxygen atoms in total. The minimum absolute atomic E-state index is 0. The Labute approximate surface area is 326 Å². The molecule has 0 spiro atoms. The maximum Gasteiger partial charge on any atom is 2.00 e. The average molecular weight is 885 g/mol. The number of nitrogens with zero attached hydrogens (tertiary/aromatic N) is 7. The average Bonchev–Trinajstić information content (AvgIpc) is 3.92. The van der Waals surface area contributed by atoms with Gasteiger partial charge in [0.15, 0.2) is 11.3 Å². The Morgan fingerprint density at radius 1 is 0.593 bits per heavy atom. The van der Waals surface area contributed by atoms with Gasteiger partial charge in [0, 0.05) is 28.9 Å². The van der Waals surface area contributed by atoms with Crippen LogP contribution in [0.5, 0.6) is 11.5 Å². The zero-order valence-electron chi connectivity index (χ0n) is 30.1. The van der Waals surface area contributed by atoms with Gasteiger partial charge in [-0.1, -0.05) is 93.9 Å². The summed E-state index contributed by atoms with van der Waals surface area (Å²) in [7, 11) is 0. The van der Waals surface area contributed by atoms with Gasteiger partial charge in [-0.05, 0) is 69.7 Å². The van der Waals surface area contributed by atoms with Gasteiger partial charge >= 0.3 is 21.1 Å². The molecule has 5 aromatic carbocycles. The quantitative estimate of drug-likeness (QED) is 0.150. The zero-order valence-corrected chi connectivity index (χ0v) is 32.4. The van der Waals surface area contributed by atoms with Crippen LogP contribution in [0.25, 0.3) is 67.1 Å². The van der Waals surface area contributed by atoms with Crippen LogP contribution in [-0.4, -0.2) is 33.1 Å². The zero-order chi connectivity index (χ0) is 35.8. The number of hydrogen-bond acceptors (Lipinski definition) is 4. The molecule has 0 bridgehead atoms. The molecule has 0 saturated carbocycles. The number of para-hydroxylation sites is 3. The van der Waals surface area contributed by atoms with Crippen LogP contribution >= 0.6 is 0 Å². The Balaban J connectivity index is 0.00000384. The van der Waals surface area contributed by atoms with Gasteiger partial charge in [-0.25, -0.2) is 9.97 Å². The number of benzene rings is 5. The predicted octanol–water partition coefficient (Wildman–Crippen LogP) is 10.7. The third kappa shape index (κ3) is 5.19. The van der Waals surface area contributed by atoms with E-state index in [1.807, 2.05) is 67.1 Å². The minimum atomic E-state index is 0. The normalized spacial score (nSPS) is 11.9. The van der Waals surface area contributed by atoms with E-state index < -0.39 is 0 Å². The van der Waals surface area contributed by atoms with Gasteiger partial charge in [-0.15, -0.1) is 35.7 Å². The summed E-state index contributed by atoms with van der Waals surface area (Å²) in [6.45, 7) is 8.95. The topological polar surface area (TPSA) is 67.1 Å². The SMILES string of the molecule is CC(C)c1cccc(C(C)C)c1-n1cnc2c1nc1n(-c3ccccc3)c3ccc(Oc4[c-]c5c(cc4)c4ccccc4n5-c4ccccn4)[c-]c3n21.[Pt+2]. The van der Waals surface area contributed by atoms with Crippen LogP contribution < -0.4 is 4.74 Å². The van der Waals surface area contributed by atoms with E-state index in [0.717, 1.165) is 67.1 Å². The molecule has 0 aliphatic heterocycles. The third-order valence-corrected chi connectivity index (χ3v) is 10.1. The smallest absolute Gasteiger partial charge is 0.509 e. The minimum Gasteiger partial charge on any atom is -0.509 e. The number of ether oxygens (including phenoxy) is 1. The van der Waals surface area contributed by atoms with Crippen molar-refractivity contribution in [1.82, 2.24) is 33.1 Å². The van der Waals surface area contributed by atoms with Crippen molar-refractivity contribution in [3.63, 3.8) is 0 Å². The first kappa shape index (κ1) is 33.8. The van der Waals surface area contributed by atoms with Crippen LogP contribution in [0.2, 0.25) is 0 Å². The molecule has 0 saturated heterocycles. The van der Waals surface area contributed by atoms with Gasteiger partial charge in [-0.2, -0.15) is 11.1 Å². The fraction of sp³-hybridized carbons (Fsp3) is 0.133. The molecule has 0 unspecified atom stereocenters. The second-order valence-electron chi connectivity index (χ2n) is 14.1. The number of pyridine rings is 1. The molecule has 54 heavy (non-hydrogen) atoms. The van der Waals surface area contributed by atoms with Crippen molar-refractivity contribution in [1.29, 1.82) is 0 Å². The van der Waals surface area contributed by atoms with Crippen molar-refractivity contribution in [3.05, 3.63) is 151 Å². The van der Waals surface area contributed by atoms with Crippen molar-refractivity contribution in [2.24, 2.45) is 0 Å². The molecule has 5 heterocycles. The van der Waals surface area contributed by atoms with E-state index in [1.54, 1.807) is 0 Å². The number of imidazole rings is 3. The fourth-order valence-electron chi connectivity index (χ4n) is 7.72. The second kappa shape index (κ2) is 13.1. The molecular weight excluding hydrogens is 850 g/mol. The molecule has 266 valence electrons. The Kier molecular flexibility index (Phi) is 8.24. The van der Waals surface area contributed by atoms with Gasteiger partial charge in [0.05, 0.1) is 5.69 Å². The molecule has 10 aromatic rings. The second-order valence-corrected chi connectivity index (χ2v) is 14.1. The van der Waals surface area contributed by atoms with Gasteiger partial charge in [0.25, 0.3) is 0 Å². The van der Waals surface area contributed by atoms with Crippen molar-refractivity contribution in [2.75, 3.05) is 0 Å². The summed E-state index contributed by atoms with van der Waals surface area (Å²) in [5.41, 5.74) is 9.96. The number of rotatable bonds is 7. The van der Waals surface area contributed by atoms with Crippen molar-refractivity contribution in [3.8, 4) is 28.7 Å². The van der Waals surface area contributed by atoms with Crippen molar-refractivity contribution >= 4 is 49.9 Å². The Hall–Kier alpha value is -5.98. The summed E-state index contributed by atoms with van der Waals surface area (Å²) in [4.78, 5) is 15.0. The first-order valence-corrected chi connectivity index (χ1v) is 18.0. The summed E-state index contributed by atoms with van der Waals surface area (Å²) in [5.74, 6) is 3.38. The monoisotopic (exact) mass is 884 g/mol. The molecule has 0 amide bonds. The van der Waals surface area contributed by atoms with E-state index in [-0.39, 0.29) is 21.1 Å². The standard InChI is InChI=1S/C45H35N7O.Pt/c1-28(2)33-16-12-17-34(29(3)4)42(33)49-27-47-43-44(49)48-45-50(30-13-6-5-7-14-30)38-23-21-32(26-40(38)52(43)45)53-31-20-22-36-35-15-8-9-18-37(35)51(39(36)25-31)41-19-10-11-24-46-41;/h5-24,27-29H,1-4H3;/q-2;+2. The molecular formula is C45H35N7OPt. The van der Waals surface area contributed by atoms with Crippen LogP contribution in [0.3, 0.4) is 0 Å². The molecule has 0 aliphatic carbocycles. The van der Waals surface area contributed by atoms with Gasteiger partial charge in [0.2, 0.25) is 5.78 Å². The maximum atomic E-state index is 6.58. The van der Waals surface area contributed by atoms with Crippen molar-refractivity contribution in [2.45, 2.75) is 39.5 Å². The van der Waals surface area contributed by atoms with Crippen LogP contribution in [0, 0.1) is 12.1 Å². The number of hydrogen-bond donors (Lipinski definition) is 0. The Morgan fingerprint density at radius 3 is 2.04 bits per heavy atom. The summed E-state index contributed by atoms with van der Waals surface area (Å²) in [6.07, 6.45) is 3.72. The van der Waals surface area contributed by atoms with Crippen molar-refractivity contribution < 1.29 is 25.8 Å². The molecule has 5 aromatic heterocycles. The van der Waals surface area contributed by atoms with Gasteiger partial charge in [0.1, 0.15) is 12.1 Å². The first-order valence-electron chi connectivity index (χ1n) is 18.0. The molecule has 0 radical (unpaired) electrons. The molecule has 0 fully saturated rings. The van der Waals surface area contributed by atoms with E-state index in [0.29, 0.717) is 23.3 Å². The van der Waals surface area contributed by atoms with Crippen LogP contribution in [-0.2, 0) is 21.1 Å². The van der Waals surface area contributed by atoms with Crippen LogP contribution in [0.15, 0.2) is 128 Å². The van der Waals surface area contributed by atoms with Crippen LogP contribution in [0.4, 0.5) is 0 Å². The Morgan fingerprint density at radius 2 is 1.30 bits per heavy atom. The fourth-order valence-corrected chi connectivity index (χ4v) is 7.72. The third-order valence-electron chi connectivity index (χ3n) is 10.1. The molecule has 0 aliphatic rings. The number of fused-ring (bicyclic) bond motifs is 8.